The molecule has 0 saturated heterocycles. The lowest BCUT2D eigenvalue weighted by atomic mass is 9.99. The third-order valence-corrected chi connectivity index (χ3v) is 20.1. The number of terminal acetylenes is 2. The average molecular weight is 1470 g/mol. The van der Waals surface area contributed by atoms with Gasteiger partial charge in [-0.25, -0.2) is 43.1 Å². The van der Waals surface area contributed by atoms with E-state index in [1.165, 1.54) is 18.2 Å². The van der Waals surface area contributed by atoms with Crippen molar-refractivity contribution in [1.82, 2.24) is 58.1 Å². The van der Waals surface area contributed by atoms with Crippen LogP contribution in [0.2, 0.25) is 39.3 Å². The van der Waals surface area contributed by atoms with E-state index in [9.17, 15) is 13.2 Å². The number of pyridine rings is 3. The number of ether oxygens (including phenoxy) is 3. The van der Waals surface area contributed by atoms with E-state index < -0.39 is 16.1 Å². The predicted octanol–water partition coefficient (Wildman–Crippen LogP) is 15.2. The fraction of sp³-hybridized carbons (Fsp3) is 0.269. The Labute approximate surface area is 590 Å². The summed E-state index contributed by atoms with van der Waals surface area (Å²) < 4.78 is 67.4. The molecule has 9 aromatic heterocycles. The molecular formula is C78H74F3IN12O3Si2. The molecule has 3 aliphatic rings. The van der Waals surface area contributed by atoms with Crippen molar-refractivity contribution in [2.75, 3.05) is 19.8 Å². The topological polar surface area (TPSA) is 157 Å². The number of aryl methyl sites for hydroxylation is 6. The van der Waals surface area contributed by atoms with Crippen LogP contribution in [0.15, 0.2) is 129 Å². The van der Waals surface area contributed by atoms with Crippen molar-refractivity contribution in [3.8, 4) is 86.4 Å². The van der Waals surface area contributed by atoms with Crippen LogP contribution >= 0.6 is 22.6 Å². The molecule has 3 aliphatic heterocycles. The summed E-state index contributed by atoms with van der Waals surface area (Å²) in [7, 11) is -2.69. The first-order valence-corrected chi connectivity index (χ1v) is 41.0. The second-order valence-electron chi connectivity index (χ2n) is 26.4. The van der Waals surface area contributed by atoms with Gasteiger partial charge in [-0.15, -0.1) is 23.9 Å². The summed E-state index contributed by atoms with van der Waals surface area (Å²) in [6, 6.07) is 21.5. The van der Waals surface area contributed by atoms with Crippen LogP contribution in [0.25, 0.3) is 49.9 Å². The standard InChI is InChI=1S/C27H27FN4OSi.C24H19FN4O.C22H18FIN4O.C5H10Si/c1-18-19(6-5-13-29-18)22-16-30-26(32-17-31-24(27(22)32)12-15-34(2,3)4)10-7-20-21-11-14-33-25(21)9-8-23(20)28;1-3-21-24-19(16-5-4-11-26-15(16)2)13-27-23(29(24)14-28-21)9-6-17-18-10-12-30-22(18)8-7-20(17)25;1-13-14(3-2-9-25-13)17-11-26-20(28-12-27-22(24)21(17)28)7-4-15-16-8-10-29-19(16)6-5-18(15)23;1-5-6(2,3)4/h5-6,8-9,13,16-17H,7,10-11,14H2,1-4H3;1,4-5,7-8,11,13-14H,6,9-10,12H2,2H3;2-3,5-6,9,11-12H,4,7-8,10H2,1H3;1H,2-4H3. The van der Waals surface area contributed by atoms with Gasteiger partial charge in [0.25, 0.3) is 0 Å². The number of hydrogen-bond donors (Lipinski definition) is 0. The number of nitrogens with zero attached hydrogens (tertiary/aromatic N) is 12. The molecule has 0 atom stereocenters. The number of rotatable bonds is 12. The van der Waals surface area contributed by atoms with E-state index in [1.807, 2.05) is 89.0 Å². The Bertz CT molecular complexity index is 5220. The Hall–Kier alpha value is -10.00. The first kappa shape index (κ1) is 68.9. The van der Waals surface area contributed by atoms with E-state index in [-0.39, 0.29) is 17.5 Å². The highest BCUT2D eigenvalue weighted by Crippen LogP contribution is 2.37. The number of imidazole rings is 3. The van der Waals surface area contributed by atoms with Gasteiger partial charge < -0.3 is 14.2 Å². The predicted molar refractivity (Wildman–Crippen MR) is 395 cm³/mol. The second kappa shape index (κ2) is 29.6. The number of aromatic nitrogens is 12. The zero-order chi connectivity index (χ0) is 69.7. The van der Waals surface area contributed by atoms with Crippen LogP contribution in [0.1, 0.15) is 79.3 Å². The van der Waals surface area contributed by atoms with Crippen molar-refractivity contribution in [3.05, 3.63) is 229 Å². The molecule has 0 N–H and O–H groups in total. The van der Waals surface area contributed by atoms with Gasteiger partial charge in [0.15, 0.2) is 0 Å². The van der Waals surface area contributed by atoms with Crippen LogP contribution in [0.4, 0.5) is 13.2 Å². The SMILES string of the molecule is C#C[Si](C)(C)C.C#Cc1ncn2c(CCc3c(F)ccc4c3CCO4)ncc(-c3cccnc3C)c12.Cc1ncccc1-c1cnc(CCc2c(F)ccc3c2CCO3)n2cnc(C#C[Si](C)(C)C)c12.Cc1ncccc1-c1cnc(CCc2c(F)ccc3c2CCO3)n2cnc(I)c12. The first-order valence-electron chi connectivity index (χ1n) is 32.9. The Kier molecular flexibility index (Phi) is 20.6. The van der Waals surface area contributed by atoms with Gasteiger partial charge in [-0.1, -0.05) is 63.4 Å². The highest BCUT2D eigenvalue weighted by atomic mass is 127. The van der Waals surface area contributed by atoms with Gasteiger partial charge in [0.1, 0.15) is 102 Å². The fourth-order valence-electron chi connectivity index (χ4n) is 12.5. The quantitative estimate of drug-likeness (QED) is 0.0649. The normalized spacial score (nSPS) is 12.6. The molecule has 3 aromatic carbocycles. The van der Waals surface area contributed by atoms with Gasteiger partial charge in [-0.3, -0.25) is 28.2 Å². The highest BCUT2D eigenvalue weighted by molar-refractivity contribution is 14.1. The van der Waals surface area contributed by atoms with Gasteiger partial charge in [0.05, 0.1) is 36.4 Å². The molecule has 12 heterocycles. The van der Waals surface area contributed by atoms with Crippen LogP contribution in [-0.4, -0.2) is 94.0 Å². The molecule has 0 saturated carbocycles. The Morgan fingerprint density at radius 1 is 0.444 bits per heavy atom. The molecule has 500 valence electrons. The lowest BCUT2D eigenvalue weighted by Crippen LogP contribution is -2.16. The molecule has 0 radical (unpaired) electrons. The summed E-state index contributed by atoms with van der Waals surface area (Å²) in [5, 5.41) is 0. The van der Waals surface area contributed by atoms with Gasteiger partial charge in [-0.2, -0.15) is 0 Å². The monoisotopic (exact) mass is 1470 g/mol. The Balaban J connectivity index is 0.000000136. The van der Waals surface area contributed by atoms with Crippen LogP contribution in [0, 0.1) is 77.7 Å². The minimum atomic E-state index is -1.59. The Morgan fingerprint density at radius 3 is 1.16 bits per heavy atom. The Morgan fingerprint density at radius 2 is 0.798 bits per heavy atom. The fourth-order valence-corrected chi connectivity index (χ4v) is 13.7. The smallest absolute Gasteiger partial charge is 0.139 e. The van der Waals surface area contributed by atoms with Crippen molar-refractivity contribution in [2.24, 2.45) is 0 Å². The van der Waals surface area contributed by atoms with Crippen molar-refractivity contribution >= 4 is 55.3 Å². The zero-order valence-electron chi connectivity index (χ0n) is 56.9. The maximum atomic E-state index is 14.7. The number of benzene rings is 3. The van der Waals surface area contributed by atoms with Gasteiger partial charge in [0.2, 0.25) is 0 Å². The van der Waals surface area contributed by atoms with Crippen LogP contribution in [-0.2, 0) is 57.8 Å². The van der Waals surface area contributed by atoms with Crippen molar-refractivity contribution < 1.29 is 27.4 Å². The number of halogens is 4. The van der Waals surface area contributed by atoms with E-state index in [1.54, 1.807) is 55.8 Å². The summed E-state index contributed by atoms with van der Waals surface area (Å²) in [4.78, 5) is 41.0. The number of fused-ring (bicyclic) bond motifs is 6. The van der Waals surface area contributed by atoms with E-state index in [0.717, 1.165) is 158 Å². The molecule has 0 spiro atoms. The summed E-state index contributed by atoms with van der Waals surface area (Å²) in [6.45, 7) is 20.8. The largest absolute Gasteiger partial charge is 0.493 e. The molecule has 15 nitrogen and oxygen atoms in total. The molecule has 15 rings (SSSR count). The molecule has 12 aromatic rings. The summed E-state index contributed by atoms with van der Waals surface area (Å²) >= 11 is 2.25. The van der Waals surface area contributed by atoms with E-state index in [0.29, 0.717) is 69.6 Å². The third-order valence-electron chi connectivity index (χ3n) is 17.5. The maximum absolute atomic E-state index is 14.7. The molecular weight excluding hydrogens is 1390 g/mol. The lowest BCUT2D eigenvalue weighted by Gasteiger charge is -2.12. The van der Waals surface area contributed by atoms with Crippen molar-refractivity contribution in [3.63, 3.8) is 0 Å². The summed E-state index contributed by atoms with van der Waals surface area (Å²) in [5.41, 5.74) is 23.9. The first-order chi connectivity index (χ1) is 47.7. The van der Waals surface area contributed by atoms with Gasteiger partial charge >= 0.3 is 0 Å². The maximum Gasteiger partial charge on any atom is 0.139 e. The minimum absolute atomic E-state index is 0.173. The molecule has 0 amide bonds. The van der Waals surface area contributed by atoms with E-state index in [4.69, 9.17) is 37.0 Å². The van der Waals surface area contributed by atoms with Gasteiger partial charge in [0, 0.05) is 143 Å². The molecule has 21 heteroatoms. The van der Waals surface area contributed by atoms with Crippen LogP contribution in [0.3, 0.4) is 0 Å². The average Bonchev–Trinajstić information content (AvgIpc) is 1.67. The second-order valence-corrected chi connectivity index (χ2v) is 37.0. The van der Waals surface area contributed by atoms with Crippen LogP contribution < -0.4 is 14.2 Å². The molecule has 99 heavy (non-hydrogen) atoms. The van der Waals surface area contributed by atoms with Crippen molar-refractivity contribution in [1.29, 1.82) is 0 Å². The highest BCUT2D eigenvalue weighted by Gasteiger charge is 2.26. The molecule has 0 bridgehead atoms. The third kappa shape index (κ3) is 15.0. The zero-order valence-corrected chi connectivity index (χ0v) is 61.0. The summed E-state index contributed by atoms with van der Waals surface area (Å²) in [5.74, 6) is 10.3. The lowest BCUT2D eigenvalue weighted by molar-refractivity contribution is 0.356. The minimum Gasteiger partial charge on any atom is -0.493 e. The molecule has 0 fully saturated rings. The van der Waals surface area contributed by atoms with Gasteiger partial charge in [-0.05, 0) is 140 Å². The van der Waals surface area contributed by atoms with E-state index in [2.05, 4.69) is 120 Å². The van der Waals surface area contributed by atoms with Crippen LogP contribution in [0.5, 0.6) is 17.2 Å². The summed E-state index contributed by atoms with van der Waals surface area (Å²) in [6.07, 6.45) is 32.6. The molecule has 0 aliphatic carbocycles. The molecule has 0 unspecified atom stereocenters. The van der Waals surface area contributed by atoms with E-state index >= 15 is 0 Å². The van der Waals surface area contributed by atoms with Crippen molar-refractivity contribution in [2.45, 2.75) is 118 Å². The number of hydrogen-bond acceptors (Lipinski definition) is 12.